The minimum atomic E-state index is -0.914. The number of aromatic nitrogens is 2. The van der Waals surface area contributed by atoms with Crippen LogP contribution in [0.5, 0.6) is 0 Å². The number of aryl methyl sites for hydroxylation is 1. The number of carbonyl (C=O) groups is 1. The molecule has 0 atom stereocenters. The Balaban J connectivity index is 2.76. The van der Waals surface area contributed by atoms with E-state index in [-0.39, 0.29) is 0 Å². The molecule has 0 saturated carbocycles. The molecular weight excluding hydrogens is 168 g/mol. The molecule has 0 aliphatic heterocycles. The molecule has 0 aliphatic carbocycles. The van der Waals surface area contributed by atoms with Gasteiger partial charge in [0, 0.05) is 18.6 Å². The number of fused-ring (bicyclic) bond motifs is 1. The highest BCUT2D eigenvalue weighted by molar-refractivity contribution is 5.90. The largest absolute Gasteiger partial charge is 0.478 e. The molecule has 4 heteroatoms. The number of rotatable bonds is 1. The lowest BCUT2D eigenvalue weighted by atomic mass is 10.1. The van der Waals surface area contributed by atoms with E-state index in [9.17, 15) is 4.79 Å². The van der Waals surface area contributed by atoms with Crippen LogP contribution in [0.2, 0.25) is 0 Å². The second kappa shape index (κ2) is 2.58. The second-order valence-electron chi connectivity index (χ2n) is 2.87. The number of carboxylic acid groups (broad SMARTS) is 1. The van der Waals surface area contributed by atoms with Crippen molar-refractivity contribution in [2.75, 3.05) is 0 Å². The monoisotopic (exact) mass is 176 g/mol. The van der Waals surface area contributed by atoms with E-state index in [0.717, 1.165) is 5.56 Å². The molecule has 0 bridgehead atoms. The molecule has 0 fully saturated rings. The zero-order valence-corrected chi connectivity index (χ0v) is 7.06. The first kappa shape index (κ1) is 7.79. The van der Waals surface area contributed by atoms with Crippen LogP contribution < -0.4 is 0 Å². The maximum atomic E-state index is 10.8. The van der Waals surface area contributed by atoms with Crippen molar-refractivity contribution in [1.82, 2.24) is 9.38 Å². The van der Waals surface area contributed by atoms with Crippen LogP contribution in [-0.4, -0.2) is 20.5 Å². The van der Waals surface area contributed by atoms with Crippen molar-refractivity contribution >= 4 is 11.6 Å². The Morgan fingerprint density at radius 2 is 2.38 bits per heavy atom. The fourth-order valence-electron chi connectivity index (χ4n) is 1.30. The van der Waals surface area contributed by atoms with E-state index in [4.69, 9.17) is 5.11 Å². The minimum Gasteiger partial charge on any atom is -0.478 e. The SMILES string of the molecule is Cc1cn2ccnc2cc1C(=O)O. The Morgan fingerprint density at radius 1 is 1.62 bits per heavy atom. The van der Waals surface area contributed by atoms with Gasteiger partial charge in [-0.05, 0) is 18.6 Å². The van der Waals surface area contributed by atoms with E-state index in [1.807, 2.05) is 0 Å². The van der Waals surface area contributed by atoms with Crippen molar-refractivity contribution < 1.29 is 9.90 Å². The van der Waals surface area contributed by atoms with Crippen LogP contribution in [0.15, 0.2) is 24.7 Å². The molecular formula is C9H8N2O2. The van der Waals surface area contributed by atoms with Gasteiger partial charge in [0.1, 0.15) is 5.65 Å². The van der Waals surface area contributed by atoms with Crippen molar-refractivity contribution in [2.24, 2.45) is 0 Å². The van der Waals surface area contributed by atoms with E-state index in [2.05, 4.69) is 4.98 Å². The summed E-state index contributed by atoms with van der Waals surface area (Å²) in [6, 6.07) is 1.57. The number of nitrogens with zero attached hydrogens (tertiary/aromatic N) is 2. The van der Waals surface area contributed by atoms with Crippen LogP contribution in [0.1, 0.15) is 15.9 Å². The maximum absolute atomic E-state index is 10.8. The predicted molar refractivity (Wildman–Crippen MR) is 46.9 cm³/mol. The van der Waals surface area contributed by atoms with Crippen LogP contribution in [0, 0.1) is 6.92 Å². The third-order valence-electron chi connectivity index (χ3n) is 1.96. The first-order chi connectivity index (χ1) is 6.18. The van der Waals surface area contributed by atoms with Gasteiger partial charge >= 0.3 is 5.97 Å². The summed E-state index contributed by atoms with van der Waals surface area (Å²) in [6.45, 7) is 1.77. The molecule has 2 heterocycles. The summed E-state index contributed by atoms with van der Waals surface area (Å²) in [5, 5.41) is 8.83. The highest BCUT2D eigenvalue weighted by Crippen LogP contribution is 2.10. The zero-order chi connectivity index (χ0) is 9.42. The first-order valence-corrected chi connectivity index (χ1v) is 3.85. The minimum absolute atomic E-state index is 0.304. The molecule has 2 rings (SSSR count). The van der Waals surface area contributed by atoms with Gasteiger partial charge in [-0.15, -0.1) is 0 Å². The Hall–Kier alpha value is -1.84. The third-order valence-corrected chi connectivity index (χ3v) is 1.96. The summed E-state index contributed by atoms with van der Waals surface area (Å²) >= 11 is 0. The predicted octanol–water partition coefficient (Wildman–Crippen LogP) is 1.34. The lowest BCUT2D eigenvalue weighted by Gasteiger charge is -2.01. The van der Waals surface area contributed by atoms with E-state index in [1.165, 1.54) is 0 Å². The van der Waals surface area contributed by atoms with E-state index < -0.39 is 5.97 Å². The quantitative estimate of drug-likeness (QED) is 0.713. The lowest BCUT2D eigenvalue weighted by Crippen LogP contribution is -2.01. The maximum Gasteiger partial charge on any atom is 0.336 e. The molecule has 0 saturated heterocycles. The second-order valence-corrected chi connectivity index (χ2v) is 2.87. The zero-order valence-electron chi connectivity index (χ0n) is 7.06. The van der Waals surface area contributed by atoms with Gasteiger partial charge < -0.3 is 9.51 Å². The Labute approximate surface area is 74.5 Å². The summed E-state index contributed by atoms with van der Waals surface area (Å²) in [4.78, 5) is 14.8. The highest BCUT2D eigenvalue weighted by Gasteiger charge is 2.08. The first-order valence-electron chi connectivity index (χ1n) is 3.85. The molecule has 4 nitrogen and oxygen atoms in total. The van der Waals surface area contributed by atoms with Gasteiger partial charge in [0.25, 0.3) is 0 Å². The smallest absolute Gasteiger partial charge is 0.336 e. The standard InChI is InChI=1S/C9H8N2O2/c1-6-5-11-3-2-10-8(11)4-7(6)9(12)13/h2-5H,1H3,(H,12,13). The molecule has 66 valence electrons. The number of hydrogen-bond donors (Lipinski definition) is 1. The molecule has 0 aromatic carbocycles. The van der Waals surface area contributed by atoms with Gasteiger partial charge in [0.2, 0.25) is 0 Å². The lowest BCUT2D eigenvalue weighted by molar-refractivity contribution is 0.0696. The topological polar surface area (TPSA) is 54.6 Å². The number of imidazole rings is 1. The van der Waals surface area contributed by atoms with Gasteiger partial charge in [0.15, 0.2) is 0 Å². The Morgan fingerprint density at radius 3 is 3.08 bits per heavy atom. The van der Waals surface area contributed by atoms with Gasteiger partial charge in [-0.2, -0.15) is 0 Å². The van der Waals surface area contributed by atoms with Crippen LogP contribution in [0.3, 0.4) is 0 Å². The van der Waals surface area contributed by atoms with Crippen molar-refractivity contribution in [2.45, 2.75) is 6.92 Å². The molecule has 2 aromatic rings. The van der Waals surface area contributed by atoms with Crippen LogP contribution in [0.4, 0.5) is 0 Å². The molecule has 13 heavy (non-hydrogen) atoms. The normalized spacial score (nSPS) is 10.5. The molecule has 0 radical (unpaired) electrons. The van der Waals surface area contributed by atoms with Crippen LogP contribution in [0.25, 0.3) is 5.65 Å². The van der Waals surface area contributed by atoms with E-state index >= 15 is 0 Å². The van der Waals surface area contributed by atoms with Crippen molar-refractivity contribution in [3.05, 3.63) is 35.8 Å². The summed E-state index contributed by atoms with van der Waals surface area (Å²) < 4.78 is 1.79. The van der Waals surface area contributed by atoms with Gasteiger partial charge in [0.05, 0.1) is 5.56 Å². The molecule has 0 amide bonds. The van der Waals surface area contributed by atoms with Crippen LogP contribution in [-0.2, 0) is 0 Å². The Kier molecular flexibility index (Phi) is 1.55. The van der Waals surface area contributed by atoms with Crippen molar-refractivity contribution in [1.29, 1.82) is 0 Å². The number of hydrogen-bond acceptors (Lipinski definition) is 2. The average molecular weight is 176 g/mol. The Bertz CT molecular complexity index is 473. The van der Waals surface area contributed by atoms with Crippen molar-refractivity contribution in [3.8, 4) is 0 Å². The average Bonchev–Trinajstić information content (AvgIpc) is 2.48. The summed E-state index contributed by atoms with van der Waals surface area (Å²) in [5.41, 5.74) is 1.69. The molecule has 1 N–H and O–H groups in total. The van der Waals surface area contributed by atoms with Gasteiger partial charge in [-0.3, -0.25) is 0 Å². The van der Waals surface area contributed by atoms with Gasteiger partial charge in [-0.25, -0.2) is 9.78 Å². The molecule has 0 spiro atoms. The van der Waals surface area contributed by atoms with Crippen molar-refractivity contribution in [3.63, 3.8) is 0 Å². The highest BCUT2D eigenvalue weighted by atomic mass is 16.4. The van der Waals surface area contributed by atoms with E-state index in [0.29, 0.717) is 11.2 Å². The number of aromatic carboxylic acids is 1. The summed E-state index contributed by atoms with van der Waals surface area (Å²) in [5.74, 6) is -0.914. The summed E-state index contributed by atoms with van der Waals surface area (Å²) in [7, 11) is 0. The molecule has 0 aliphatic rings. The van der Waals surface area contributed by atoms with Gasteiger partial charge in [-0.1, -0.05) is 0 Å². The van der Waals surface area contributed by atoms with Crippen LogP contribution >= 0.6 is 0 Å². The molecule has 0 unspecified atom stereocenters. The summed E-state index contributed by atoms with van der Waals surface area (Å²) in [6.07, 6.45) is 5.18. The fourth-order valence-corrected chi connectivity index (χ4v) is 1.30. The fraction of sp³-hybridized carbons (Fsp3) is 0.111. The van der Waals surface area contributed by atoms with E-state index in [1.54, 1.807) is 36.0 Å². The number of carboxylic acids is 1. The number of pyridine rings is 1. The third kappa shape index (κ3) is 1.16. The molecule has 2 aromatic heterocycles.